The second-order valence-corrected chi connectivity index (χ2v) is 6.79. The number of carbonyl (C=O) groups is 1. The summed E-state index contributed by atoms with van der Waals surface area (Å²) in [5, 5.41) is 21.5. The molecule has 7 nitrogen and oxygen atoms in total. The summed E-state index contributed by atoms with van der Waals surface area (Å²) in [6.07, 6.45) is 0. The lowest BCUT2D eigenvalue weighted by molar-refractivity contribution is -0.383. The number of nitro benzene ring substituents is 1. The third-order valence-electron chi connectivity index (χ3n) is 3.86. The molecule has 0 spiro atoms. The van der Waals surface area contributed by atoms with Gasteiger partial charge in [0.2, 0.25) is 0 Å². The van der Waals surface area contributed by atoms with E-state index >= 15 is 0 Å². The topological polar surface area (TPSA) is 94.6 Å². The molecule has 0 saturated carbocycles. The Balaban J connectivity index is 2.31. The van der Waals surface area contributed by atoms with Crippen LogP contribution < -0.4 is 4.74 Å². The number of ether oxygens (including phenoxy) is 1. The number of carboxylic acids is 1. The molecule has 1 N–H and O–H groups in total. The Morgan fingerprint density at radius 1 is 1.31 bits per heavy atom. The first-order chi connectivity index (χ1) is 12.3. The molecule has 0 radical (unpaired) electrons. The van der Waals surface area contributed by atoms with Gasteiger partial charge in [-0.25, -0.2) is 0 Å². The van der Waals surface area contributed by atoms with Crippen LogP contribution in [0.5, 0.6) is 11.5 Å². The summed E-state index contributed by atoms with van der Waals surface area (Å²) < 4.78 is 7.90. The first-order valence-corrected chi connectivity index (χ1v) is 8.57. The quantitative estimate of drug-likeness (QED) is 0.438. The van der Waals surface area contributed by atoms with Crippen LogP contribution in [-0.2, 0) is 11.3 Å². The van der Waals surface area contributed by atoms with E-state index in [2.05, 4.69) is 15.9 Å². The van der Waals surface area contributed by atoms with Crippen molar-refractivity contribution >= 4 is 50.1 Å². The number of hydrogen-bond donors (Lipinski definition) is 1. The van der Waals surface area contributed by atoms with Crippen LogP contribution in [0.4, 0.5) is 5.69 Å². The van der Waals surface area contributed by atoms with Crippen LogP contribution >= 0.6 is 27.5 Å². The van der Waals surface area contributed by atoms with Crippen molar-refractivity contribution in [2.75, 3.05) is 0 Å². The molecule has 0 bridgehead atoms. The molecule has 1 heterocycles. The molecule has 0 amide bonds. The monoisotopic (exact) mass is 438 g/mol. The van der Waals surface area contributed by atoms with E-state index in [9.17, 15) is 20.0 Å². The lowest BCUT2D eigenvalue weighted by Crippen LogP contribution is -2.10. The molecule has 9 heteroatoms. The van der Waals surface area contributed by atoms with Crippen LogP contribution in [0.1, 0.15) is 5.69 Å². The lowest BCUT2D eigenvalue weighted by atomic mass is 10.2. The number of carboxylic acid groups (broad SMARTS) is 1. The standard InChI is InChI=1S/C17H12BrClN2O5/c1-9-17(26-11-4-2-10(19)3-5-11)15-13(21(24)25)7-6-12(18)16(15)20(9)8-14(22)23/h2-7H,8H2,1H3,(H,22,23). The number of aromatic nitrogens is 1. The predicted molar refractivity (Wildman–Crippen MR) is 100 cm³/mol. The Bertz CT molecular complexity index is 1030. The van der Waals surface area contributed by atoms with E-state index in [4.69, 9.17) is 16.3 Å². The van der Waals surface area contributed by atoms with Crippen molar-refractivity contribution in [1.29, 1.82) is 0 Å². The van der Waals surface area contributed by atoms with E-state index in [1.807, 2.05) is 0 Å². The van der Waals surface area contributed by atoms with Crippen LogP contribution in [0, 0.1) is 17.0 Å². The molecule has 1 aromatic heterocycles. The molecule has 0 aliphatic heterocycles. The van der Waals surface area contributed by atoms with E-state index < -0.39 is 10.9 Å². The van der Waals surface area contributed by atoms with Crippen LogP contribution in [0.15, 0.2) is 40.9 Å². The maximum Gasteiger partial charge on any atom is 0.323 e. The summed E-state index contributed by atoms with van der Waals surface area (Å²) in [5.41, 5.74) is 0.690. The molecule has 2 aromatic carbocycles. The number of fused-ring (bicyclic) bond motifs is 1. The van der Waals surface area contributed by atoms with Crippen LogP contribution in [0.3, 0.4) is 0 Å². The Hall–Kier alpha value is -2.58. The lowest BCUT2D eigenvalue weighted by Gasteiger charge is -2.07. The molecule has 0 aliphatic carbocycles. The molecule has 3 rings (SSSR count). The average Bonchev–Trinajstić information content (AvgIpc) is 2.83. The van der Waals surface area contributed by atoms with Gasteiger partial charge in [-0.2, -0.15) is 0 Å². The highest BCUT2D eigenvalue weighted by atomic mass is 79.9. The largest absolute Gasteiger partial charge is 0.480 e. The molecular weight excluding hydrogens is 428 g/mol. The van der Waals surface area contributed by atoms with E-state index in [0.717, 1.165) is 0 Å². The Morgan fingerprint density at radius 2 is 1.96 bits per heavy atom. The number of rotatable bonds is 5. The normalized spacial score (nSPS) is 10.9. The number of benzene rings is 2. The summed E-state index contributed by atoms with van der Waals surface area (Å²) in [6.45, 7) is 1.30. The average molecular weight is 440 g/mol. The number of nitrogens with zero attached hydrogens (tertiary/aromatic N) is 2. The Morgan fingerprint density at radius 3 is 2.54 bits per heavy atom. The number of nitro groups is 1. The van der Waals surface area contributed by atoms with Crippen LogP contribution in [0.2, 0.25) is 5.02 Å². The summed E-state index contributed by atoms with van der Waals surface area (Å²) in [4.78, 5) is 22.3. The van der Waals surface area contributed by atoms with Gasteiger partial charge in [-0.15, -0.1) is 0 Å². The van der Waals surface area contributed by atoms with Gasteiger partial charge in [0, 0.05) is 15.6 Å². The molecule has 3 aromatic rings. The summed E-state index contributed by atoms with van der Waals surface area (Å²) in [7, 11) is 0. The summed E-state index contributed by atoms with van der Waals surface area (Å²) in [5.74, 6) is -0.404. The zero-order chi connectivity index (χ0) is 19.0. The minimum absolute atomic E-state index is 0.167. The third-order valence-corrected chi connectivity index (χ3v) is 4.75. The van der Waals surface area contributed by atoms with Crippen LogP contribution in [0.25, 0.3) is 10.9 Å². The van der Waals surface area contributed by atoms with Gasteiger partial charge in [0.15, 0.2) is 5.75 Å². The highest BCUT2D eigenvalue weighted by molar-refractivity contribution is 9.10. The van der Waals surface area contributed by atoms with E-state index in [-0.39, 0.29) is 23.4 Å². The fourth-order valence-electron chi connectivity index (χ4n) is 2.74. The van der Waals surface area contributed by atoms with Gasteiger partial charge in [-0.3, -0.25) is 14.9 Å². The SMILES string of the molecule is Cc1c(Oc2ccc(Cl)cc2)c2c([N+](=O)[O-])ccc(Br)c2n1CC(=O)O. The molecule has 0 atom stereocenters. The van der Waals surface area contributed by atoms with Crippen molar-refractivity contribution < 1.29 is 19.6 Å². The van der Waals surface area contributed by atoms with Crippen molar-refractivity contribution in [3.8, 4) is 11.5 Å². The number of aliphatic carboxylic acids is 1. The van der Waals surface area contributed by atoms with Gasteiger partial charge in [0.05, 0.1) is 16.1 Å². The number of non-ortho nitro benzene ring substituents is 1. The predicted octanol–water partition coefficient (Wildman–Crippen LogP) is 5.15. The van der Waals surface area contributed by atoms with Gasteiger partial charge in [-0.05, 0) is 53.2 Å². The van der Waals surface area contributed by atoms with E-state index in [1.54, 1.807) is 31.2 Å². The molecule has 0 unspecified atom stereocenters. The molecular formula is C17H12BrClN2O5. The highest BCUT2D eigenvalue weighted by Crippen LogP contribution is 2.44. The molecule has 26 heavy (non-hydrogen) atoms. The zero-order valence-corrected chi connectivity index (χ0v) is 15.7. The molecule has 0 fully saturated rings. The minimum atomic E-state index is -1.07. The van der Waals surface area contributed by atoms with Crippen molar-refractivity contribution in [2.45, 2.75) is 13.5 Å². The number of halogens is 2. The van der Waals surface area contributed by atoms with Gasteiger partial charge < -0.3 is 14.4 Å². The van der Waals surface area contributed by atoms with E-state index in [1.165, 1.54) is 16.7 Å². The Labute approximate surface area is 161 Å². The molecule has 0 saturated heterocycles. The third kappa shape index (κ3) is 3.25. The van der Waals surface area contributed by atoms with Crippen molar-refractivity contribution in [3.05, 3.63) is 61.7 Å². The fourth-order valence-corrected chi connectivity index (χ4v) is 3.41. The van der Waals surface area contributed by atoms with Crippen molar-refractivity contribution in [3.63, 3.8) is 0 Å². The van der Waals surface area contributed by atoms with Crippen LogP contribution in [-0.4, -0.2) is 20.6 Å². The number of hydrogen-bond acceptors (Lipinski definition) is 4. The first-order valence-electron chi connectivity index (χ1n) is 7.40. The Kier molecular flexibility index (Phi) is 4.88. The molecule has 134 valence electrons. The van der Waals surface area contributed by atoms with Gasteiger partial charge in [0.25, 0.3) is 5.69 Å². The van der Waals surface area contributed by atoms with Gasteiger partial charge >= 0.3 is 5.97 Å². The van der Waals surface area contributed by atoms with Gasteiger partial charge in [0.1, 0.15) is 17.7 Å². The van der Waals surface area contributed by atoms with Crippen molar-refractivity contribution in [2.24, 2.45) is 0 Å². The van der Waals surface area contributed by atoms with Crippen molar-refractivity contribution in [1.82, 2.24) is 4.57 Å². The molecule has 0 aliphatic rings. The minimum Gasteiger partial charge on any atom is -0.480 e. The fraction of sp³-hybridized carbons (Fsp3) is 0.118. The maximum absolute atomic E-state index is 11.5. The second-order valence-electron chi connectivity index (χ2n) is 5.50. The zero-order valence-electron chi connectivity index (χ0n) is 13.4. The first kappa shape index (κ1) is 18.2. The second kappa shape index (κ2) is 6.97. The highest BCUT2D eigenvalue weighted by Gasteiger charge is 2.27. The smallest absolute Gasteiger partial charge is 0.323 e. The van der Waals surface area contributed by atoms with E-state index in [0.29, 0.717) is 26.5 Å². The maximum atomic E-state index is 11.5. The summed E-state index contributed by atoms with van der Waals surface area (Å²) in [6, 6.07) is 9.40. The van der Waals surface area contributed by atoms with Gasteiger partial charge in [-0.1, -0.05) is 11.6 Å². The summed E-state index contributed by atoms with van der Waals surface area (Å²) >= 11 is 9.22.